The summed E-state index contributed by atoms with van der Waals surface area (Å²) in [6, 6.07) is 1.81. The first-order valence-electron chi connectivity index (χ1n) is 5.38. The Hall–Kier alpha value is -0.360. The van der Waals surface area contributed by atoms with Crippen LogP contribution in [0, 0.1) is 0 Å². The average molecular weight is 357 g/mol. The number of rotatable bonds is 1. The second-order valence-corrected chi connectivity index (χ2v) is 4.70. The van der Waals surface area contributed by atoms with Crippen molar-refractivity contribution in [3.8, 4) is 0 Å². The van der Waals surface area contributed by atoms with E-state index in [0.717, 1.165) is 37.1 Å². The minimum Gasteiger partial charge on any atom is -0.337 e. The summed E-state index contributed by atoms with van der Waals surface area (Å²) < 4.78 is 0.839. The monoisotopic (exact) mass is 355 g/mol. The Balaban J connectivity index is 0.00000144. The highest BCUT2D eigenvalue weighted by molar-refractivity contribution is 9.10. The van der Waals surface area contributed by atoms with Gasteiger partial charge in [-0.25, -0.2) is 0 Å². The Labute approximate surface area is 127 Å². The number of carbonyl (C=O) groups excluding carboxylic acids is 1. The molecular weight excluding hydrogens is 341 g/mol. The van der Waals surface area contributed by atoms with Gasteiger partial charge in [0, 0.05) is 36.5 Å². The van der Waals surface area contributed by atoms with Gasteiger partial charge in [0.1, 0.15) is 0 Å². The van der Waals surface area contributed by atoms with Crippen LogP contribution in [0.1, 0.15) is 16.8 Å². The minimum absolute atomic E-state index is 0. The fourth-order valence-corrected chi connectivity index (χ4v) is 2.13. The molecule has 1 N–H and O–H groups in total. The van der Waals surface area contributed by atoms with Gasteiger partial charge in [0.2, 0.25) is 0 Å². The number of hydrogen-bond acceptors (Lipinski definition) is 3. The zero-order valence-corrected chi connectivity index (χ0v) is 13.0. The fourth-order valence-electron chi connectivity index (χ4n) is 1.76. The van der Waals surface area contributed by atoms with Crippen LogP contribution in [0.4, 0.5) is 0 Å². The standard InChI is InChI=1S/C11H14BrN3O.2ClH/c12-10-6-9(7-14-8-10)11(16)15-4-1-2-13-3-5-15;;/h6-8,13H,1-5H2;2*1H. The van der Waals surface area contributed by atoms with Crippen LogP contribution in [-0.2, 0) is 0 Å². The molecule has 1 aliphatic rings. The van der Waals surface area contributed by atoms with E-state index < -0.39 is 0 Å². The van der Waals surface area contributed by atoms with Crippen molar-refractivity contribution >= 4 is 46.7 Å². The summed E-state index contributed by atoms with van der Waals surface area (Å²) in [5.74, 6) is 0.0671. The van der Waals surface area contributed by atoms with Gasteiger partial charge in [-0.3, -0.25) is 9.78 Å². The van der Waals surface area contributed by atoms with Gasteiger partial charge in [0.25, 0.3) is 5.91 Å². The van der Waals surface area contributed by atoms with Crippen LogP contribution in [0.3, 0.4) is 0 Å². The number of aromatic nitrogens is 1. The summed E-state index contributed by atoms with van der Waals surface area (Å²) in [6.45, 7) is 3.44. The van der Waals surface area contributed by atoms with E-state index in [0.29, 0.717) is 5.56 Å². The molecule has 0 bridgehead atoms. The van der Waals surface area contributed by atoms with Gasteiger partial charge >= 0.3 is 0 Å². The largest absolute Gasteiger partial charge is 0.337 e. The highest BCUT2D eigenvalue weighted by Gasteiger charge is 2.17. The van der Waals surface area contributed by atoms with Crippen molar-refractivity contribution < 1.29 is 4.79 Å². The lowest BCUT2D eigenvalue weighted by atomic mass is 10.2. The van der Waals surface area contributed by atoms with Crippen molar-refractivity contribution in [1.29, 1.82) is 0 Å². The van der Waals surface area contributed by atoms with E-state index in [2.05, 4.69) is 26.2 Å². The highest BCUT2D eigenvalue weighted by Crippen LogP contribution is 2.12. The second kappa shape index (κ2) is 8.69. The van der Waals surface area contributed by atoms with Crippen molar-refractivity contribution in [2.45, 2.75) is 6.42 Å². The molecule has 2 heterocycles. The third kappa shape index (κ3) is 4.72. The summed E-state index contributed by atoms with van der Waals surface area (Å²) in [4.78, 5) is 18.0. The molecule has 1 aliphatic heterocycles. The smallest absolute Gasteiger partial charge is 0.255 e. The van der Waals surface area contributed by atoms with E-state index >= 15 is 0 Å². The molecule has 1 aromatic heterocycles. The van der Waals surface area contributed by atoms with Crippen molar-refractivity contribution in [2.75, 3.05) is 26.2 Å². The molecule has 1 saturated heterocycles. The van der Waals surface area contributed by atoms with Gasteiger partial charge in [-0.15, -0.1) is 24.8 Å². The Bertz CT molecular complexity index is 384. The SMILES string of the molecule is Cl.Cl.O=C(c1cncc(Br)c1)N1CCCNCC1. The molecule has 2 rings (SSSR count). The molecule has 1 amide bonds. The molecule has 0 radical (unpaired) electrons. The number of pyridine rings is 1. The lowest BCUT2D eigenvalue weighted by Crippen LogP contribution is -2.34. The molecule has 0 unspecified atom stereocenters. The number of hydrogen-bond donors (Lipinski definition) is 1. The maximum absolute atomic E-state index is 12.1. The van der Waals surface area contributed by atoms with Gasteiger partial charge in [0.05, 0.1) is 5.56 Å². The Kier molecular flexibility index (Phi) is 8.52. The van der Waals surface area contributed by atoms with E-state index in [9.17, 15) is 4.79 Å². The first kappa shape index (κ1) is 17.6. The molecule has 0 saturated carbocycles. The fraction of sp³-hybridized carbons (Fsp3) is 0.455. The average Bonchev–Trinajstić information content (AvgIpc) is 2.56. The van der Waals surface area contributed by atoms with Crippen LogP contribution in [0.5, 0.6) is 0 Å². The highest BCUT2D eigenvalue weighted by atomic mass is 79.9. The zero-order chi connectivity index (χ0) is 11.4. The minimum atomic E-state index is 0. The molecule has 102 valence electrons. The lowest BCUT2D eigenvalue weighted by Gasteiger charge is -2.19. The van der Waals surface area contributed by atoms with Gasteiger partial charge in [-0.1, -0.05) is 0 Å². The van der Waals surface area contributed by atoms with Gasteiger partial charge in [0.15, 0.2) is 0 Å². The third-order valence-electron chi connectivity index (χ3n) is 2.58. The molecule has 4 nitrogen and oxygen atoms in total. The lowest BCUT2D eigenvalue weighted by molar-refractivity contribution is 0.0766. The molecular formula is C11H16BrCl2N3O. The molecule has 7 heteroatoms. The third-order valence-corrected chi connectivity index (χ3v) is 3.01. The zero-order valence-electron chi connectivity index (χ0n) is 9.76. The van der Waals surface area contributed by atoms with E-state index in [1.807, 2.05) is 11.0 Å². The molecule has 0 atom stereocenters. The molecule has 0 aromatic carbocycles. The normalized spacial score (nSPS) is 15.1. The predicted molar refractivity (Wildman–Crippen MR) is 79.8 cm³/mol. The topological polar surface area (TPSA) is 45.2 Å². The van der Waals surface area contributed by atoms with E-state index in [-0.39, 0.29) is 30.7 Å². The maximum atomic E-state index is 12.1. The first-order chi connectivity index (χ1) is 7.77. The predicted octanol–water partition coefficient (Wildman–Crippen LogP) is 2.12. The molecule has 0 aliphatic carbocycles. The van der Waals surface area contributed by atoms with Crippen molar-refractivity contribution in [3.63, 3.8) is 0 Å². The first-order valence-corrected chi connectivity index (χ1v) is 6.17. The van der Waals surface area contributed by atoms with Crippen LogP contribution >= 0.6 is 40.7 Å². The number of amides is 1. The van der Waals surface area contributed by atoms with E-state index in [4.69, 9.17) is 0 Å². The maximum Gasteiger partial charge on any atom is 0.255 e. The summed E-state index contributed by atoms with van der Waals surface area (Å²) in [5, 5.41) is 3.28. The van der Waals surface area contributed by atoms with Crippen LogP contribution < -0.4 is 5.32 Å². The number of carbonyl (C=O) groups is 1. The van der Waals surface area contributed by atoms with Crippen molar-refractivity contribution in [2.24, 2.45) is 0 Å². The van der Waals surface area contributed by atoms with Gasteiger partial charge in [-0.2, -0.15) is 0 Å². The molecule has 1 fully saturated rings. The summed E-state index contributed by atoms with van der Waals surface area (Å²) >= 11 is 3.32. The number of nitrogens with zero attached hydrogens (tertiary/aromatic N) is 2. The van der Waals surface area contributed by atoms with Crippen LogP contribution in [0.2, 0.25) is 0 Å². The summed E-state index contributed by atoms with van der Waals surface area (Å²) in [6.07, 6.45) is 4.30. The Morgan fingerprint density at radius 1 is 1.28 bits per heavy atom. The molecule has 0 spiro atoms. The molecule has 1 aromatic rings. The quantitative estimate of drug-likeness (QED) is 0.838. The van der Waals surface area contributed by atoms with Crippen LogP contribution in [-0.4, -0.2) is 42.0 Å². The number of halogens is 3. The van der Waals surface area contributed by atoms with Crippen molar-refractivity contribution in [1.82, 2.24) is 15.2 Å². The number of nitrogens with one attached hydrogen (secondary N) is 1. The Morgan fingerprint density at radius 3 is 2.78 bits per heavy atom. The van der Waals surface area contributed by atoms with Gasteiger partial charge in [-0.05, 0) is 35.0 Å². The van der Waals surface area contributed by atoms with Crippen LogP contribution in [0.15, 0.2) is 22.9 Å². The molecule has 18 heavy (non-hydrogen) atoms. The summed E-state index contributed by atoms with van der Waals surface area (Å²) in [7, 11) is 0. The van der Waals surface area contributed by atoms with Gasteiger partial charge < -0.3 is 10.2 Å². The van der Waals surface area contributed by atoms with E-state index in [1.54, 1.807) is 12.4 Å². The second-order valence-electron chi connectivity index (χ2n) is 3.79. The summed E-state index contributed by atoms with van der Waals surface area (Å²) in [5.41, 5.74) is 0.649. The van der Waals surface area contributed by atoms with E-state index in [1.165, 1.54) is 0 Å². The van der Waals surface area contributed by atoms with Crippen molar-refractivity contribution in [3.05, 3.63) is 28.5 Å². The van der Waals surface area contributed by atoms with Crippen LogP contribution in [0.25, 0.3) is 0 Å². The Morgan fingerprint density at radius 2 is 2.06 bits per heavy atom.